The van der Waals surface area contributed by atoms with E-state index in [-0.39, 0.29) is 17.8 Å². The van der Waals surface area contributed by atoms with E-state index in [9.17, 15) is 18.0 Å². The van der Waals surface area contributed by atoms with Gasteiger partial charge in [0.05, 0.1) is 6.54 Å². The van der Waals surface area contributed by atoms with E-state index in [0.717, 1.165) is 12.1 Å². The van der Waals surface area contributed by atoms with Gasteiger partial charge in [-0.25, -0.2) is 13.2 Å². The molecule has 0 spiro atoms. The Kier molecular flexibility index (Phi) is 4.34. The molecule has 18 heavy (non-hydrogen) atoms. The molecule has 0 heterocycles. The van der Waals surface area contributed by atoms with Gasteiger partial charge in [-0.2, -0.15) is 0 Å². The molecule has 1 aromatic rings. The van der Waals surface area contributed by atoms with Crippen LogP contribution in [0, 0.1) is 17.5 Å². The second kappa shape index (κ2) is 5.39. The maximum Gasteiger partial charge on any atom is 0.238 e. The van der Waals surface area contributed by atoms with Crippen molar-refractivity contribution in [2.45, 2.75) is 26.3 Å². The number of nitrogens with one attached hydrogen (secondary N) is 2. The van der Waals surface area contributed by atoms with E-state index < -0.39 is 23.4 Å². The molecule has 1 amide bonds. The summed E-state index contributed by atoms with van der Waals surface area (Å²) in [6.07, 6.45) is 0. The Bertz CT molecular complexity index is 432. The molecule has 0 unspecified atom stereocenters. The summed E-state index contributed by atoms with van der Waals surface area (Å²) in [6, 6.07) is 1.46. The Balaban J connectivity index is 2.65. The maximum absolute atomic E-state index is 12.9. The molecule has 0 aliphatic carbocycles. The van der Waals surface area contributed by atoms with E-state index in [1.165, 1.54) is 0 Å². The fourth-order valence-electron chi connectivity index (χ4n) is 1.18. The number of amides is 1. The largest absolute Gasteiger partial charge is 0.325 e. The van der Waals surface area contributed by atoms with Crippen molar-refractivity contribution in [3.8, 4) is 0 Å². The van der Waals surface area contributed by atoms with Crippen LogP contribution in [-0.4, -0.2) is 18.0 Å². The normalized spacial score (nSPS) is 11.4. The van der Waals surface area contributed by atoms with Gasteiger partial charge in [0, 0.05) is 23.4 Å². The molecule has 0 aliphatic heterocycles. The van der Waals surface area contributed by atoms with E-state index in [2.05, 4.69) is 10.6 Å². The molecule has 3 nitrogen and oxygen atoms in total. The Morgan fingerprint density at radius 3 is 2.11 bits per heavy atom. The third-order valence-electron chi connectivity index (χ3n) is 2.05. The number of hydrogen-bond acceptors (Lipinski definition) is 2. The van der Waals surface area contributed by atoms with Crippen LogP contribution in [0.25, 0.3) is 0 Å². The summed E-state index contributed by atoms with van der Waals surface area (Å²) in [6.45, 7) is 5.61. The number of benzene rings is 1. The number of anilines is 1. The van der Waals surface area contributed by atoms with Crippen molar-refractivity contribution in [2.75, 3.05) is 11.9 Å². The molecule has 2 N–H and O–H groups in total. The van der Waals surface area contributed by atoms with Gasteiger partial charge < -0.3 is 10.6 Å². The zero-order chi connectivity index (χ0) is 13.9. The number of rotatable bonds is 3. The van der Waals surface area contributed by atoms with Crippen LogP contribution in [0.4, 0.5) is 18.9 Å². The van der Waals surface area contributed by atoms with Crippen molar-refractivity contribution in [3.05, 3.63) is 29.6 Å². The van der Waals surface area contributed by atoms with Crippen LogP contribution in [0.5, 0.6) is 0 Å². The molecule has 0 aliphatic rings. The number of hydrogen-bond donors (Lipinski definition) is 2. The molecule has 0 bridgehead atoms. The Labute approximate surface area is 103 Å². The van der Waals surface area contributed by atoms with E-state index in [4.69, 9.17) is 0 Å². The van der Waals surface area contributed by atoms with Crippen LogP contribution >= 0.6 is 0 Å². The van der Waals surface area contributed by atoms with E-state index >= 15 is 0 Å². The lowest BCUT2D eigenvalue weighted by Gasteiger charge is -2.20. The summed E-state index contributed by atoms with van der Waals surface area (Å²) in [5, 5.41) is 5.18. The summed E-state index contributed by atoms with van der Waals surface area (Å²) < 4.78 is 38.4. The minimum atomic E-state index is -1.55. The van der Waals surface area contributed by atoms with Crippen molar-refractivity contribution < 1.29 is 18.0 Å². The second-order valence-electron chi connectivity index (χ2n) is 4.91. The second-order valence-corrected chi connectivity index (χ2v) is 4.91. The highest BCUT2D eigenvalue weighted by Crippen LogP contribution is 2.17. The predicted octanol–water partition coefficient (Wildman–Crippen LogP) is 2.43. The smallest absolute Gasteiger partial charge is 0.238 e. The SMILES string of the molecule is CC(C)(C)NCC(=O)Nc1cc(F)c(F)c(F)c1. The Morgan fingerprint density at radius 1 is 1.17 bits per heavy atom. The fraction of sp³-hybridized carbons (Fsp3) is 0.417. The minimum absolute atomic E-state index is 0.00981. The molecule has 0 saturated heterocycles. The number of carbonyl (C=O) groups excluding carboxylic acids is 1. The highest BCUT2D eigenvalue weighted by Gasteiger charge is 2.14. The molecule has 100 valence electrons. The van der Waals surface area contributed by atoms with E-state index in [1.54, 1.807) is 0 Å². The van der Waals surface area contributed by atoms with Gasteiger partial charge in [0.25, 0.3) is 0 Å². The zero-order valence-corrected chi connectivity index (χ0v) is 10.4. The topological polar surface area (TPSA) is 41.1 Å². The highest BCUT2D eigenvalue weighted by molar-refractivity contribution is 5.92. The van der Waals surface area contributed by atoms with Crippen LogP contribution < -0.4 is 10.6 Å². The van der Waals surface area contributed by atoms with Crippen LogP contribution in [0.2, 0.25) is 0 Å². The molecule has 0 atom stereocenters. The van der Waals surface area contributed by atoms with Crippen LogP contribution in [0.15, 0.2) is 12.1 Å². The summed E-state index contributed by atoms with van der Waals surface area (Å²) in [7, 11) is 0. The van der Waals surface area contributed by atoms with Crippen molar-refractivity contribution in [1.29, 1.82) is 0 Å². The number of halogens is 3. The lowest BCUT2D eigenvalue weighted by Crippen LogP contribution is -2.41. The Morgan fingerprint density at radius 2 is 1.67 bits per heavy atom. The first-order valence-corrected chi connectivity index (χ1v) is 5.38. The molecular formula is C12H15F3N2O. The maximum atomic E-state index is 12.9. The minimum Gasteiger partial charge on any atom is -0.325 e. The van der Waals surface area contributed by atoms with Gasteiger partial charge in [0.15, 0.2) is 17.5 Å². The monoisotopic (exact) mass is 260 g/mol. The standard InChI is InChI=1S/C12H15F3N2O/c1-12(2,3)16-6-10(18)17-7-4-8(13)11(15)9(14)5-7/h4-5,16H,6H2,1-3H3,(H,17,18). The van der Waals surface area contributed by atoms with Gasteiger partial charge >= 0.3 is 0 Å². The molecule has 1 aromatic carbocycles. The van der Waals surface area contributed by atoms with Crippen LogP contribution in [-0.2, 0) is 4.79 Å². The average molecular weight is 260 g/mol. The summed E-state index contributed by atoms with van der Waals surface area (Å²) in [5.41, 5.74) is -0.372. The van der Waals surface area contributed by atoms with Crippen molar-refractivity contribution >= 4 is 11.6 Å². The first-order chi connectivity index (χ1) is 8.19. The fourth-order valence-corrected chi connectivity index (χ4v) is 1.18. The first-order valence-electron chi connectivity index (χ1n) is 5.38. The van der Waals surface area contributed by atoms with Crippen LogP contribution in [0.3, 0.4) is 0 Å². The van der Waals surface area contributed by atoms with E-state index in [0.29, 0.717) is 0 Å². The van der Waals surface area contributed by atoms with Gasteiger partial charge in [-0.3, -0.25) is 4.79 Å². The van der Waals surface area contributed by atoms with Gasteiger partial charge in [0.1, 0.15) is 0 Å². The lowest BCUT2D eigenvalue weighted by molar-refractivity contribution is -0.115. The third-order valence-corrected chi connectivity index (χ3v) is 2.05. The van der Waals surface area contributed by atoms with Crippen molar-refractivity contribution in [3.63, 3.8) is 0 Å². The van der Waals surface area contributed by atoms with Crippen LogP contribution in [0.1, 0.15) is 20.8 Å². The Hall–Kier alpha value is -1.56. The quantitative estimate of drug-likeness (QED) is 0.819. The van der Waals surface area contributed by atoms with Gasteiger partial charge in [0.2, 0.25) is 5.91 Å². The zero-order valence-electron chi connectivity index (χ0n) is 10.4. The molecule has 0 radical (unpaired) electrons. The van der Waals surface area contributed by atoms with Gasteiger partial charge in [-0.15, -0.1) is 0 Å². The van der Waals surface area contributed by atoms with Crippen molar-refractivity contribution in [1.82, 2.24) is 5.32 Å². The molecular weight excluding hydrogens is 245 g/mol. The summed E-state index contributed by atoms with van der Waals surface area (Å²) >= 11 is 0. The van der Waals surface area contributed by atoms with Crippen molar-refractivity contribution in [2.24, 2.45) is 0 Å². The lowest BCUT2D eigenvalue weighted by atomic mass is 10.1. The van der Waals surface area contributed by atoms with Gasteiger partial charge in [-0.1, -0.05) is 0 Å². The molecule has 0 fully saturated rings. The summed E-state index contributed by atoms with van der Waals surface area (Å²) in [4.78, 5) is 11.5. The average Bonchev–Trinajstić information content (AvgIpc) is 2.22. The summed E-state index contributed by atoms with van der Waals surface area (Å²) in [5.74, 6) is -4.70. The molecule has 6 heteroatoms. The number of carbonyl (C=O) groups is 1. The third kappa shape index (κ3) is 4.37. The molecule has 0 aromatic heterocycles. The predicted molar refractivity (Wildman–Crippen MR) is 62.7 cm³/mol. The first kappa shape index (κ1) is 14.5. The van der Waals surface area contributed by atoms with Gasteiger partial charge in [-0.05, 0) is 20.8 Å². The molecule has 1 rings (SSSR count). The molecule has 0 saturated carbocycles. The highest BCUT2D eigenvalue weighted by atomic mass is 19.2. The van der Waals surface area contributed by atoms with E-state index in [1.807, 2.05) is 20.8 Å².